The van der Waals surface area contributed by atoms with Gasteiger partial charge in [0.2, 0.25) is 5.91 Å². The van der Waals surface area contributed by atoms with Gasteiger partial charge in [-0.05, 0) is 42.0 Å². The predicted octanol–water partition coefficient (Wildman–Crippen LogP) is 3.37. The van der Waals surface area contributed by atoms with Gasteiger partial charge < -0.3 is 20.5 Å². The van der Waals surface area contributed by atoms with Crippen LogP contribution < -0.4 is 10.6 Å². The molecule has 0 radical (unpaired) electrons. The van der Waals surface area contributed by atoms with Crippen molar-refractivity contribution in [2.75, 3.05) is 0 Å². The number of carbonyl (C=O) groups excluding carboxylic acids is 2. The first-order valence-corrected chi connectivity index (χ1v) is 10.2. The third kappa shape index (κ3) is 7.13. The number of amides is 2. The van der Waals surface area contributed by atoms with Gasteiger partial charge in [-0.2, -0.15) is 0 Å². The lowest BCUT2D eigenvalue weighted by Crippen LogP contribution is -2.54. The fraction of sp³-hybridized carbons (Fsp3) is 0.375. The molecule has 7 nitrogen and oxygen atoms in total. The molecule has 0 heterocycles. The van der Waals surface area contributed by atoms with E-state index < -0.39 is 30.1 Å². The number of aliphatic carboxylic acids is 1. The molecular weight excluding hydrogens is 396 g/mol. The Morgan fingerprint density at radius 1 is 0.935 bits per heavy atom. The summed E-state index contributed by atoms with van der Waals surface area (Å²) in [4.78, 5) is 36.8. The van der Waals surface area contributed by atoms with Crippen molar-refractivity contribution in [3.05, 3.63) is 70.8 Å². The van der Waals surface area contributed by atoms with Gasteiger partial charge in [0.25, 0.3) is 0 Å². The molecule has 166 valence electrons. The van der Waals surface area contributed by atoms with Crippen molar-refractivity contribution in [3.8, 4) is 0 Å². The van der Waals surface area contributed by atoms with Crippen LogP contribution in [0, 0.1) is 19.8 Å². The van der Waals surface area contributed by atoms with Gasteiger partial charge >= 0.3 is 12.1 Å². The Hall–Kier alpha value is -3.35. The van der Waals surface area contributed by atoms with Crippen molar-refractivity contribution < 1.29 is 24.2 Å². The molecule has 2 aromatic carbocycles. The SMILES string of the molecule is Cc1cccc(C)c1C[C@@H](NC(=O)[C@H](NC(=O)OCc1ccccc1)C(C)C)C(=O)O. The molecule has 0 aromatic heterocycles. The summed E-state index contributed by atoms with van der Waals surface area (Å²) in [5.41, 5.74) is 3.63. The molecule has 3 N–H and O–H groups in total. The Bertz CT molecular complexity index is 891. The Balaban J connectivity index is 2.03. The zero-order valence-corrected chi connectivity index (χ0v) is 18.3. The molecular formula is C24H30N2O5. The second kappa shape index (κ2) is 11.2. The first-order chi connectivity index (χ1) is 14.7. The number of carboxylic acid groups (broad SMARTS) is 1. The van der Waals surface area contributed by atoms with E-state index in [1.807, 2.05) is 62.4 Å². The first kappa shape index (κ1) is 23.9. The number of carboxylic acids is 1. The van der Waals surface area contributed by atoms with Gasteiger partial charge in [0.15, 0.2) is 0 Å². The van der Waals surface area contributed by atoms with Crippen LogP contribution in [0.2, 0.25) is 0 Å². The maximum absolute atomic E-state index is 12.8. The number of rotatable bonds is 9. The summed E-state index contributed by atoms with van der Waals surface area (Å²) in [5, 5.41) is 14.8. The average Bonchev–Trinajstić information content (AvgIpc) is 2.72. The highest BCUT2D eigenvalue weighted by Crippen LogP contribution is 2.16. The monoisotopic (exact) mass is 426 g/mol. The molecule has 0 saturated heterocycles. The van der Waals surface area contributed by atoms with Crippen LogP contribution in [0.25, 0.3) is 0 Å². The topological polar surface area (TPSA) is 105 Å². The Labute approximate surface area is 182 Å². The number of nitrogens with one attached hydrogen (secondary N) is 2. The van der Waals surface area contributed by atoms with Crippen LogP contribution in [0.3, 0.4) is 0 Å². The van der Waals surface area contributed by atoms with Crippen LogP contribution in [-0.2, 0) is 27.4 Å². The van der Waals surface area contributed by atoms with Crippen LogP contribution in [0.4, 0.5) is 4.79 Å². The van der Waals surface area contributed by atoms with E-state index in [0.717, 1.165) is 22.3 Å². The van der Waals surface area contributed by atoms with E-state index in [1.54, 1.807) is 13.8 Å². The molecule has 0 aliphatic carbocycles. The summed E-state index contributed by atoms with van der Waals surface area (Å²) in [6.07, 6.45) is -0.581. The summed E-state index contributed by atoms with van der Waals surface area (Å²) in [5.74, 6) is -1.96. The van der Waals surface area contributed by atoms with Crippen molar-refractivity contribution in [1.29, 1.82) is 0 Å². The Kier molecular flexibility index (Phi) is 8.61. The molecule has 0 saturated carbocycles. The molecule has 2 amide bonds. The largest absolute Gasteiger partial charge is 0.480 e. The van der Waals surface area contributed by atoms with Gasteiger partial charge in [0.05, 0.1) is 0 Å². The lowest BCUT2D eigenvalue weighted by molar-refractivity contribution is -0.142. The fourth-order valence-corrected chi connectivity index (χ4v) is 3.26. The van der Waals surface area contributed by atoms with E-state index in [2.05, 4.69) is 10.6 Å². The zero-order valence-electron chi connectivity index (χ0n) is 18.3. The predicted molar refractivity (Wildman–Crippen MR) is 118 cm³/mol. The quantitative estimate of drug-likeness (QED) is 0.570. The number of hydrogen-bond donors (Lipinski definition) is 3. The molecule has 2 rings (SSSR count). The number of hydrogen-bond acceptors (Lipinski definition) is 4. The minimum Gasteiger partial charge on any atom is -0.480 e. The van der Waals surface area contributed by atoms with E-state index in [-0.39, 0.29) is 18.9 Å². The number of benzene rings is 2. The van der Waals surface area contributed by atoms with Crippen molar-refractivity contribution in [2.45, 2.75) is 52.8 Å². The van der Waals surface area contributed by atoms with E-state index in [1.165, 1.54) is 0 Å². The number of alkyl carbamates (subject to hydrolysis) is 1. The first-order valence-electron chi connectivity index (χ1n) is 10.2. The minimum atomic E-state index is -1.13. The molecule has 31 heavy (non-hydrogen) atoms. The molecule has 2 atom stereocenters. The second-order valence-electron chi connectivity index (χ2n) is 7.90. The van der Waals surface area contributed by atoms with Gasteiger partial charge in [-0.3, -0.25) is 4.79 Å². The summed E-state index contributed by atoms with van der Waals surface area (Å²) in [6, 6.07) is 12.9. The lowest BCUT2D eigenvalue weighted by Gasteiger charge is -2.24. The fourth-order valence-electron chi connectivity index (χ4n) is 3.26. The van der Waals surface area contributed by atoms with Crippen molar-refractivity contribution >= 4 is 18.0 Å². The van der Waals surface area contributed by atoms with E-state index in [0.29, 0.717) is 0 Å². The summed E-state index contributed by atoms with van der Waals surface area (Å²) in [7, 11) is 0. The maximum atomic E-state index is 12.8. The highest BCUT2D eigenvalue weighted by atomic mass is 16.5. The van der Waals surface area contributed by atoms with Crippen LogP contribution in [-0.4, -0.2) is 35.2 Å². The van der Waals surface area contributed by atoms with Crippen molar-refractivity contribution in [3.63, 3.8) is 0 Å². The van der Waals surface area contributed by atoms with Crippen LogP contribution >= 0.6 is 0 Å². The van der Waals surface area contributed by atoms with E-state index in [9.17, 15) is 19.5 Å². The van der Waals surface area contributed by atoms with Gasteiger partial charge in [0.1, 0.15) is 18.7 Å². The molecule has 0 aliphatic rings. The van der Waals surface area contributed by atoms with E-state index >= 15 is 0 Å². The van der Waals surface area contributed by atoms with Gasteiger partial charge in [0, 0.05) is 6.42 Å². The number of ether oxygens (including phenoxy) is 1. The van der Waals surface area contributed by atoms with Gasteiger partial charge in [-0.25, -0.2) is 9.59 Å². The molecule has 0 fully saturated rings. The number of carbonyl (C=O) groups is 3. The highest BCUT2D eigenvalue weighted by Gasteiger charge is 2.29. The highest BCUT2D eigenvalue weighted by molar-refractivity contribution is 5.89. The minimum absolute atomic E-state index is 0.0728. The van der Waals surface area contributed by atoms with Gasteiger partial charge in [-0.15, -0.1) is 0 Å². The number of aryl methyl sites for hydroxylation is 2. The van der Waals surface area contributed by atoms with E-state index in [4.69, 9.17) is 4.74 Å². The van der Waals surface area contributed by atoms with Gasteiger partial charge in [-0.1, -0.05) is 62.4 Å². The van der Waals surface area contributed by atoms with Crippen LogP contribution in [0.1, 0.15) is 36.1 Å². The molecule has 0 aliphatic heterocycles. The third-order valence-electron chi connectivity index (χ3n) is 5.10. The molecule has 7 heteroatoms. The molecule has 0 spiro atoms. The van der Waals surface area contributed by atoms with Crippen molar-refractivity contribution in [2.24, 2.45) is 5.92 Å². The van der Waals surface area contributed by atoms with Crippen molar-refractivity contribution in [1.82, 2.24) is 10.6 Å². The smallest absolute Gasteiger partial charge is 0.408 e. The summed E-state index contributed by atoms with van der Waals surface area (Å²) >= 11 is 0. The second-order valence-corrected chi connectivity index (χ2v) is 7.90. The lowest BCUT2D eigenvalue weighted by atomic mass is 9.95. The standard InChI is InChI=1S/C24H30N2O5/c1-15(2)21(26-24(30)31-14-18-11-6-5-7-12-18)22(27)25-20(23(28)29)13-19-16(3)9-8-10-17(19)4/h5-12,15,20-21H,13-14H2,1-4H3,(H,25,27)(H,26,30)(H,28,29)/t20-,21-/m1/s1. The average molecular weight is 427 g/mol. The molecule has 0 bridgehead atoms. The summed E-state index contributed by atoms with van der Waals surface area (Å²) < 4.78 is 5.19. The molecule has 2 aromatic rings. The maximum Gasteiger partial charge on any atom is 0.408 e. The Morgan fingerprint density at radius 2 is 1.55 bits per heavy atom. The van der Waals surface area contributed by atoms with Crippen LogP contribution in [0.5, 0.6) is 0 Å². The molecule has 0 unspecified atom stereocenters. The zero-order chi connectivity index (χ0) is 23.0. The summed E-state index contributed by atoms with van der Waals surface area (Å²) in [6.45, 7) is 7.42. The normalized spacial score (nSPS) is 12.7. The third-order valence-corrected chi connectivity index (χ3v) is 5.10. The van der Waals surface area contributed by atoms with Crippen LogP contribution in [0.15, 0.2) is 48.5 Å². The Morgan fingerprint density at radius 3 is 2.10 bits per heavy atom.